The molecule has 0 bridgehead atoms. The van der Waals surface area contributed by atoms with Gasteiger partial charge in [-0.1, -0.05) is 37.3 Å². The molecule has 1 aliphatic rings. The van der Waals surface area contributed by atoms with Crippen molar-refractivity contribution < 1.29 is 9.84 Å². The van der Waals surface area contributed by atoms with Crippen LogP contribution in [-0.2, 0) is 30.7 Å². The lowest BCUT2D eigenvalue weighted by atomic mass is 9.89. The van der Waals surface area contributed by atoms with Gasteiger partial charge in [0.2, 0.25) is 0 Å². The van der Waals surface area contributed by atoms with Crippen LogP contribution in [0.15, 0.2) is 35.1 Å². The fourth-order valence-corrected chi connectivity index (χ4v) is 5.31. The number of aryl methyl sites for hydroxylation is 2. The molecular formula is C22H26N2O3S. The Balaban J connectivity index is 1.51. The maximum absolute atomic E-state index is 13.2. The van der Waals surface area contributed by atoms with Crippen LogP contribution in [0.3, 0.4) is 0 Å². The first-order valence-corrected chi connectivity index (χ1v) is 10.7. The molecule has 0 saturated carbocycles. The summed E-state index contributed by atoms with van der Waals surface area (Å²) in [6.45, 7) is 4.91. The van der Waals surface area contributed by atoms with Crippen molar-refractivity contribution in [2.45, 2.75) is 52.4 Å². The minimum atomic E-state index is -0.756. The third-order valence-corrected chi connectivity index (χ3v) is 6.57. The molecule has 0 radical (unpaired) electrons. The van der Waals surface area contributed by atoms with Gasteiger partial charge in [-0.3, -0.25) is 9.36 Å². The number of ether oxygens (including phenoxy) is 1. The highest BCUT2D eigenvalue weighted by Gasteiger charge is 2.24. The summed E-state index contributed by atoms with van der Waals surface area (Å²) in [4.78, 5) is 20.0. The summed E-state index contributed by atoms with van der Waals surface area (Å²) in [5.74, 6) is 1.30. The van der Waals surface area contributed by atoms with Gasteiger partial charge in [0.05, 0.1) is 31.2 Å². The average molecular weight is 399 g/mol. The summed E-state index contributed by atoms with van der Waals surface area (Å²) in [6.07, 6.45) is 2.33. The monoisotopic (exact) mass is 398 g/mol. The Morgan fingerprint density at radius 1 is 1.36 bits per heavy atom. The molecule has 0 unspecified atom stereocenters. The summed E-state index contributed by atoms with van der Waals surface area (Å²) >= 11 is 1.66. The van der Waals surface area contributed by atoms with Gasteiger partial charge in [0.25, 0.3) is 5.56 Å². The normalized spacial score (nSPS) is 17.6. The number of aromatic nitrogens is 2. The Labute approximate surface area is 168 Å². The van der Waals surface area contributed by atoms with Gasteiger partial charge in [0.1, 0.15) is 10.7 Å². The van der Waals surface area contributed by atoms with Gasteiger partial charge in [-0.25, -0.2) is 4.98 Å². The van der Waals surface area contributed by atoms with Crippen LogP contribution in [0.25, 0.3) is 10.2 Å². The topological polar surface area (TPSA) is 64.4 Å². The lowest BCUT2D eigenvalue weighted by Crippen LogP contribution is -2.31. The van der Waals surface area contributed by atoms with Crippen LogP contribution in [-0.4, -0.2) is 27.4 Å². The largest absolute Gasteiger partial charge is 0.389 e. The Hall–Kier alpha value is -2.02. The molecule has 0 fully saturated rings. The van der Waals surface area contributed by atoms with Crippen LogP contribution in [0.1, 0.15) is 35.2 Å². The predicted molar refractivity (Wildman–Crippen MR) is 112 cm³/mol. The zero-order valence-corrected chi connectivity index (χ0v) is 17.2. The van der Waals surface area contributed by atoms with E-state index in [0.717, 1.165) is 35.0 Å². The van der Waals surface area contributed by atoms with Crippen molar-refractivity contribution in [3.63, 3.8) is 0 Å². The van der Waals surface area contributed by atoms with E-state index in [2.05, 4.69) is 11.9 Å². The molecule has 148 valence electrons. The molecule has 1 N–H and O–H groups in total. The number of nitrogens with zero attached hydrogens (tertiary/aromatic N) is 2. The van der Waals surface area contributed by atoms with Crippen LogP contribution >= 0.6 is 11.3 Å². The van der Waals surface area contributed by atoms with Crippen LogP contribution < -0.4 is 5.56 Å². The van der Waals surface area contributed by atoms with Crippen molar-refractivity contribution in [1.82, 2.24) is 9.55 Å². The van der Waals surface area contributed by atoms with E-state index >= 15 is 0 Å². The smallest absolute Gasteiger partial charge is 0.262 e. The molecule has 2 aromatic heterocycles. The van der Waals surface area contributed by atoms with Gasteiger partial charge < -0.3 is 9.84 Å². The summed E-state index contributed by atoms with van der Waals surface area (Å²) in [5.41, 5.74) is 2.21. The maximum Gasteiger partial charge on any atom is 0.262 e. The Morgan fingerprint density at radius 3 is 2.93 bits per heavy atom. The van der Waals surface area contributed by atoms with Crippen LogP contribution in [0, 0.1) is 12.8 Å². The minimum absolute atomic E-state index is 0.0309. The van der Waals surface area contributed by atoms with E-state index in [1.54, 1.807) is 15.9 Å². The summed E-state index contributed by atoms with van der Waals surface area (Å²) < 4.78 is 7.23. The minimum Gasteiger partial charge on any atom is -0.389 e. The zero-order chi connectivity index (χ0) is 19.7. The van der Waals surface area contributed by atoms with Gasteiger partial charge in [0, 0.05) is 4.88 Å². The van der Waals surface area contributed by atoms with Crippen molar-refractivity contribution in [2.24, 2.45) is 5.92 Å². The molecule has 5 nitrogen and oxygen atoms in total. The molecule has 2 atom stereocenters. The van der Waals surface area contributed by atoms with Gasteiger partial charge in [-0.05, 0) is 43.2 Å². The lowest BCUT2D eigenvalue weighted by molar-refractivity contribution is 0.0195. The first kappa shape index (κ1) is 19.3. The van der Waals surface area contributed by atoms with Crippen LogP contribution in [0.4, 0.5) is 0 Å². The third kappa shape index (κ3) is 3.90. The maximum atomic E-state index is 13.2. The molecule has 0 spiro atoms. The SMILES string of the molecule is Cc1nc2sc3c(c2c(=O)n1C[C@@H](O)COCc1ccccc1)CC[C@@H](C)C3. The van der Waals surface area contributed by atoms with Crippen LogP contribution in [0.2, 0.25) is 0 Å². The fraction of sp³-hybridized carbons (Fsp3) is 0.455. The van der Waals surface area contributed by atoms with Crippen molar-refractivity contribution in [3.8, 4) is 0 Å². The van der Waals surface area contributed by atoms with Crippen molar-refractivity contribution in [2.75, 3.05) is 6.61 Å². The molecule has 1 aromatic carbocycles. The van der Waals surface area contributed by atoms with Crippen molar-refractivity contribution >= 4 is 21.6 Å². The number of aliphatic hydroxyl groups excluding tert-OH is 1. The fourth-order valence-electron chi connectivity index (χ4n) is 3.89. The highest BCUT2D eigenvalue weighted by atomic mass is 32.1. The van der Waals surface area contributed by atoms with Gasteiger partial charge in [-0.15, -0.1) is 11.3 Å². The van der Waals surface area contributed by atoms with E-state index in [9.17, 15) is 9.90 Å². The van der Waals surface area contributed by atoms with Crippen LogP contribution in [0.5, 0.6) is 0 Å². The first-order chi connectivity index (χ1) is 13.5. The number of rotatable bonds is 6. The third-order valence-electron chi connectivity index (χ3n) is 5.42. The number of hydrogen-bond donors (Lipinski definition) is 1. The zero-order valence-electron chi connectivity index (χ0n) is 16.4. The number of thiophene rings is 1. The van der Waals surface area contributed by atoms with E-state index in [4.69, 9.17) is 4.74 Å². The molecule has 6 heteroatoms. The van der Waals surface area contributed by atoms with E-state index in [1.165, 1.54) is 10.4 Å². The van der Waals surface area contributed by atoms with Gasteiger partial charge in [0.15, 0.2) is 0 Å². The second-order valence-electron chi connectivity index (χ2n) is 7.76. The summed E-state index contributed by atoms with van der Waals surface area (Å²) in [5, 5.41) is 11.2. The molecule has 0 saturated heterocycles. The molecule has 2 heterocycles. The lowest BCUT2D eigenvalue weighted by Gasteiger charge is -2.18. The quantitative estimate of drug-likeness (QED) is 0.691. The van der Waals surface area contributed by atoms with Crippen molar-refractivity contribution in [1.29, 1.82) is 0 Å². The van der Waals surface area contributed by atoms with Gasteiger partial charge >= 0.3 is 0 Å². The second-order valence-corrected chi connectivity index (χ2v) is 8.84. The molecule has 28 heavy (non-hydrogen) atoms. The van der Waals surface area contributed by atoms with Gasteiger partial charge in [-0.2, -0.15) is 0 Å². The van der Waals surface area contributed by atoms with E-state index in [0.29, 0.717) is 18.3 Å². The Bertz CT molecular complexity index is 1030. The number of benzene rings is 1. The molecule has 0 aliphatic heterocycles. The molecule has 1 aliphatic carbocycles. The molecule has 0 amide bonds. The summed E-state index contributed by atoms with van der Waals surface area (Å²) in [7, 11) is 0. The number of hydrogen-bond acceptors (Lipinski definition) is 5. The Morgan fingerprint density at radius 2 is 2.14 bits per heavy atom. The number of fused-ring (bicyclic) bond motifs is 3. The highest BCUT2D eigenvalue weighted by Crippen LogP contribution is 2.35. The van der Waals surface area contributed by atoms with Crippen molar-refractivity contribution in [3.05, 3.63) is 62.5 Å². The molecule has 3 aromatic rings. The van der Waals surface area contributed by atoms with E-state index in [-0.39, 0.29) is 18.7 Å². The van der Waals surface area contributed by atoms with E-state index < -0.39 is 6.10 Å². The first-order valence-electron chi connectivity index (χ1n) is 9.84. The molecule has 4 rings (SSSR count). The average Bonchev–Trinajstić information content (AvgIpc) is 3.03. The standard InChI is InChI=1S/C22H26N2O3S/c1-14-8-9-18-19(10-14)28-21-20(18)22(26)24(15(2)23-21)11-17(25)13-27-12-16-6-4-3-5-7-16/h3-7,14,17,25H,8-13H2,1-2H3/t14-,17-/m1/s1. The summed E-state index contributed by atoms with van der Waals surface area (Å²) in [6, 6.07) is 9.85. The highest BCUT2D eigenvalue weighted by molar-refractivity contribution is 7.18. The second kappa shape index (κ2) is 8.15. The predicted octanol–water partition coefficient (Wildman–Crippen LogP) is 3.47. The number of aliphatic hydroxyl groups is 1. The Kier molecular flexibility index (Phi) is 5.62. The molecular weight excluding hydrogens is 372 g/mol. The van der Waals surface area contributed by atoms with E-state index in [1.807, 2.05) is 37.3 Å².